The van der Waals surface area contributed by atoms with Gasteiger partial charge >= 0.3 is 0 Å². The molecule has 0 bridgehead atoms. The summed E-state index contributed by atoms with van der Waals surface area (Å²) in [4.78, 5) is 12.1. The van der Waals surface area contributed by atoms with Crippen molar-refractivity contribution in [2.45, 2.75) is 19.9 Å². The fraction of sp³-hybridized carbons (Fsp3) is 0.357. The average molecular weight is 248 g/mol. The van der Waals surface area contributed by atoms with Gasteiger partial charge < -0.3 is 9.88 Å². The van der Waals surface area contributed by atoms with Crippen molar-refractivity contribution in [3.63, 3.8) is 0 Å². The summed E-state index contributed by atoms with van der Waals surface area (Å²) in [6.07, 6.45) is 1.76. The molecule has 0 saturated carbocycles. The number of aryl methyl sites for hydroxylation is 1. The molecule has 1 heterocycles. The molecule has 0 atom stereocenters. The van der Waals surface area contributed by atoms with Crippen LogP contribution in [0.1, 0.15) is 24.2 Å². The molecular weight excluding hydrogens is 231 g/mol. The van der Waals surface area contributed by atoms with Crippen molar-refractivity contribution in [2.24, 2.45) is 7.05 Å². The van der Waals surface area contributed by atoms with Crippen LogP contribution >= 0.6 is 0 Å². The number of ketones is 1. The van der Waals surface area contributed by atoms with E-state index in [1.54, 1.807) is 16.8 Å². The number of aromatic nitrogens is 1. The number of hydrogen-bond donors (Lipinski definition) is 1. The lowest BCUT2D eigenvalue weighted by Crippen LogP contribution is -2.29. The van der Waals surface area contributed by atoms with Crippen LogP contribution in [-0.2, 0) is 7.05 Å². The van der Waals surface area contributed by atoms with E-state index in [-0.39, 0.29) is 17.6 Å². The zero-order valence-corrected chi connectivity index (χ0v) is 10.8. The number of nitrogens with one attached hydrogen (secondary N) is 1. The summed E-state index contributed by atoms with van der Waals surface area (Å²) in [5, 5.41) is 3.90. The molecule has 1 aromatic carbocycles. The molecule has 1 N–H and O–H groups in total. The van der Waals surface area contributed by atoms with E-state index in [4.69, 9.17) is 0 Å². The first-order valence-electron chi connectivity index (χ1n) is 6.00. The number of benzene rings is 1. The Morgan fingerprint density at radius 2 is 2.17 bits per heavy atom. The minimum Gasteiger partial charge on any atom is -0.350 e. The molecule has 2 rings (SSSR count). The molecule has 3 nitrogen and oxygen atoms in total. The predicted octanol–water partition coefficient (Wildman–Crippen LogP) is 2.50. The van der Waals surface area contributed by atoms with Gasteiger partial charge in [0.15, 0.2) is 5.78 Å². The van der Waals surface area contributed by atoms with E-state index in [9.17, 15) is 9.18 Å². The minimum absolute atomic E-state index is 0.0286. The van der Waals surface area contributed by atoms with E-state index in [0.29, 0.717) is 12.1 Å². The summed E-state index contributed by atoms with van der Waals surface area (Å²) in [6, 6.07) is 4.76. The zero-order chi connectivity index (χ0) is 13.3. The summed E-state index contributed by atoms with van der Waals surface area (Å²) >= 11 is 0. The number of nitrogens with zero attached hydrogens (tertiary/aromatic N) is 1. The van der Waals surface area contributed by atoms with Gasteiger partial charge in [0.1, 0.15) is 5.82 Å². The summed E-state index contributed by atoms with van der Waals surface area (Å²) < 4.78 is 14.9. The fourth-order valence-corrected chi connectivity index (χ4v) is 1.97. The van der Waals surface area contributed by atoms with E-state index < -0.39 is 0 Å². The van der Waals surface area contributed by atoms with Gasteiger partial charge in [0.25, 0.3) is 0 Å². The molecule has 2 aromatic rings. The first kappa shape index (κ1) is 12.8. The minimum atomic E-state index is -0.289. The maximum absolute atomic E-state index is 13.2. The molecule has 0 saturated heterocycles. The lowest BCUT2D eigenvalue weighted by molar-refractivity contribution is 0.0990. The quantitative estimate of drug-likeness (QED) is 0.843. The Labute approximate surface area is 106 Å². The Morgan fingerprint density at radius 1 is 1.44 bits per heavy atom. The zero-order valence-electron chi connectivity index (χ0n) is 10.8. The lowest BCUT2D eigenvalue weighted by Gasteiger charge is -2.06. The first-order valence-corrected chi connectivity index (χ1v) is 6.00. The van der Waals surface area contributed by atoms with E-state index in [0.717, 1.165) is 10.9 Å². The third-order valence-electron chi connectivity index (χ3n) is 2.92. The maximum Gasteiger partial charge on any atom is 0.178 e. The molecule has 0 unspecified atom stereocenters. The highest BCUT2D eigenvalue weighted by atomic mass is 19.1. The maximum atomic E-state index is 13.2. The van der Waals surface area contributed by atoms with Gasteiger partial charge in [0, 0.05) is 30.2 Å². The molecule has 0 aliphatic rings. The molecule has 0 aliphatic carbocycles. The average Bonchev–Trinajstić information content (AvgIpc) is 2.63. The first-order chi connectivity index (χ1) is 8.49. The van der Waals surface area contributed by atoms with Crippen LogP contribution in [0, 0.1) is 5.82 Å². The van der Waals surface area contributed by atoms with Crippen molar-refractivity contribution >= 4 is 16.7 Å². The number of halogens is 1. The van der Waals surface area contributed by atoms with Crippen LogP contribution in [-0.4, -0.2) is 22.9 Å². The molecule has 0 radical (unpaired) electrons. The number of carbonyl (C=O) groups excluding carboxylic acids is 1. The standard InChI is InChI=1S/C14H17FN2O/c1-9(2)16-7-14(18)12-8-17(3)13-6-10(15)4-5-11(12)13/h4-6,8-9,16H,7H2,1-3H3. The van der Waals surface area contributed by atoms with Gasteiger partial charge in [0.2, 0.25) is 0 Å². The smallest absolute Gasteiger partial charge is 0.178 e. The van der Waals surface area contributed by atoms with Crippen molar-refractivity contribution in [3.05, 3.63) is 35.8 Å². The predicted molar refractivity (Wildman–Crippen MR) is 70.3 cm³/mol. The summed E-state index contributed by atoms with van der Waals surface area (Å²) in [5.41, 5.74) is 1.38. The second kappa shape index (κ2) is 4.90. The van der Waals surface area contributed by atoms with E-state index in [1.165, 1.54) is 12.1 Å². The third kappa shape index (κ3) is 2.43. The van der Waals surface area contributed by atoms with Gasteiger partial charge in [-0.25, -0.2) is 4.39 Å². The van der Waals surface area contributed by atoms with E-state index in [2.05, 4.69) is 5.32 Å². The normalized spacial score (nSPS) is 11.4. The van der Waals surface area contributed by atoms with E-state index >= 15 is 0 Å². The van der Waals surface area contributed by atoms with Crippen molar-refractivity contribution < 1.29 is 9.18 Å². The number of rotatable bonds is 4. The number of carbonyl (C=O) groups is 1. The summed E-state index contributed by atoms with van der Waals surface area (Å²) in [6.45, 7) is 4.28. The summed E-state index contributed by atoms with van der Waals surface area (Å²) in [5.74, 6) is -0.260. The van der Waals surface area contributed by atoms with Gasteiger partial charge in [-0.1, -0.05) is 13.8 Å². The molecular formula is C14H17FN2O. The van der Waals surface area contributed by atoms with Gasteiger partial charge in [-0.15, -0.1) is 0 Å². The van der Waals surface area contributed by atoms with Crippen LogP contribution in [0.3, 0.4) is 0 Å². The highest BCUT2D eigenvalue weighted by molar-refractivity contribution is 6.09. The second-order valence-corrected chi connectivity index (χ2v) is 4.77. The van der Waals surface area contributed by atoms with Crippen LogP contribution in [0.4, 0.5) is 4.39 Å². The van der Waals surface area contributed by atoms with Gasteiger partial charge in [-0.2, -0.15) is 0 Å². The molecule has 1 aromatic heterocycles. The van der Waals surface area contributed by atoms with Crippen LogP contribution in [0.25, 0.3) is 10.9 Å². The largest absolute Gasteiger partial charge is 0.350 e. The van der Waals surface area contributed by atoms with Crippen molar-refractivity contribution in [3.8, 4) is 0 Å². The topological polar surface area (TPSA) is 34.0 Å². The van der Waals surface area contributed by atoms with Gasteiger partial charge in [-0.05, 0) is 18.2 Å². The SMILES string of the molecule is CC(C)NCC(=O)c1cn(C)c2cc(F)ccc12. The molecule has 4 heteroatoms. The van der Waals surface area contributed by atoms with Crippen molar-refractivity contribution in [1.82, 2.24) is 9.88 Å². The summed E-state index contributed by atoms with van der Waals surface area (Å²) in [7, 11) is 1.81. The number of Topliss-reactive ketones (excluding diaryl/α,β-unsaturated/α-hetero) is 1. The Bertz CT molecular complexity index is 587. The van der Waals surface area contributed by atoms with Crippen LogP contribution in [0.2, 0.25) is 0 Å². The molecule has 0 amide bonds. The fourth-order valence-electron chi connectivity index (χ4n) is 1.97. The molecule has 0 fully saturated rings. The molecule has 0 aliphatic heterocycles. The van der Waals surface area contributed by atoms with Crippen LogP contribution in [0.5, 0.6) is 0 Å². The second-order valence-electron chi connectivity index (χ2n) is 4.77. The van der Waals surface area contributed by atoms with Gasteiger partial charge in [0.05, 0.1) is 12.1 Å². The van der Waals surface area contributed by atoms with E-state index in [1.807, 2.05) is 20.9 Å². The highest BCUT2D eigenvalue weighted by Crippen LogP contribution is 2.21. The Hall–Kier alpha value is -1.68. The Kier molecular flexibility index (Phi) is 3.48. The Balaban J connectivity index is 2.37. The Morgan fingerprint density at radius 3 is 2.83 bits per heavy atom. The van der Waals surface area contributed by atoms with Crippen LogP contribution in [0.15, 0.2) is 24.4 Å². The highest BCUT2D eigenvalue weighted by Gasteiger charge is 2.14. The third-order valence-corrected chi connectivity index (χ3v) is 2.92. The molecule has 0 spiro atoms. The molecule has 96 valence electrons. The van der Waals surface area contributed by atoms with Crippen molar-refractivity contribution in [2.75, 3.05) is 6.54 Å². The number of fused-ring (bicyclic) bond motifs is 1. The monoisotopic (exact) mass is 248 g/mol. The lowest BCUT2D eigenvalue weighted by atomic mass is 10.1. The van der Waals surface area contributed by atoms with Crippen LogP contribution < -0.4 is 5.32 Å². The number of hydrogen-bond acceptors (Lipinski definition) is 2. The van der Waals surface area contributed by atoms with Gasteiger partial charge in [-0.3, -0.25) is 4.79 Å². The van der Waals surface area contributed by atoms with Crippen molar-refractivity contribution in [1.29, 1.82) is 0 Å². The molecule has 18 heavy (non-hydrogen) atoms.